The maximum absolute atomic E-state index is 6.25. The Morgan fingerprint density at radius 1 is 0.895 bits per heavy atom. The highest BCUT2D eigenvalue weighted by atomic mass is 16.5. The van der Waals surface area contributed by atoms with Gasteiger partial charge in [0.15, 0.2) is 11.5 Å². The number of methoxy groups -OCH3 is 1. The van der Waals surface area contributed by atoms with E-state index in [9.17, 15) is 0 Å². The first kappa shape index (κ1) is 24.4. The molecule has 2 aromatic heterocycles. The number of morpholine rings is 1. The number of nitrogens with zero attached hydrogens (tertiary/aromatic N) is 4. The Kier molecular flexibility index (Phi) is 7.20. The molecular formula is C31H32N4O3. The van der Waals surface area contributed by atoms with E-state index >= 15 is 0 Å². The lowest BCUT2D eigenvalue weighted by Gasteiger charge is -2.26. The van der Waals surface area contributed by atoms with Gasteiger partial charge in [0.25, 0.3) is 0 Å². The molecular weight excluding hydrogens is 476 g/mol. The van der Waals surface area contributed by atoms with Crippen molar-refractivity contribution in [3.8, 4) is 22.8 Å². The van der Waals surface area contributed by atoms with Crippen molar-refractivity contribution in [3.63, 3.8) is 0 Å². The molecule has 7 nitrogen and oxygen atoms in total. The first-order chi connectivity index (χ1) is 18.8. The minimum absolute atomic E-state index is 0.610. The summed E-state index contributed by atoms with van der Waals surface area (Å²) in [4.78, 5) is 11.7. The zero-order valence-corrected chi connectivity index (χ0v) is 21.7. The summed E-state index contributed by atoms with van der Waals surface area (Å²) in [7, 11) is 1.67. The number of hydrogen-bond acceptors (Lipinski definition) is 6. The number of ether oxygens (including phenoxy) is 3. The van der Waals surface area contributed by atoms with E-state index in [2.05, 4.69) is 69.2 Å². The average Bonchev–Trinajstić information content (AvgIpc) is 3.33. The van der Waals surface area contributed by atoms with Gasteiger partial charge in [-0.15, -0.1) is 0 Å². The summed E-state index contributed by atoms with van der Waals surface area (Å²) in [6.45, 7) is 5.98. The fourth-order valence-electron chi connectivity index (χ4n) is 5.19. The Labute approximate surface area is 222 Å². The lowest BCUT2D eigenvalue weighted by atomic mass is 10.1. The minimum atomic E-state index is 0.610. The zero-order valence-electron chi connectivity index (χ0n) is 21.7. The van der Waals surface area contributed by atoms with Crippen molar-refractivity contribution in [2.45, 2.75) is 13.0 Å². The van der Waals surface area contributed by atoms with Crippen LogP contribution < -0.4 is 9.47 Å². The fourth-order valence-corrected chi connectivity index (χ4v) is 5.19. The van der Waals surface area contributed by atoms with Crippen LogP contribution in [0.2, 0.25) is 0 Å². The Hall–Kier alpha value is -3.94. The third-order valence-electron chi connectivity index (χ3n) is 7.14. The van der Waals surface area contributed by atoms with Crippen molar-refractivity contribution < 1.29 is 14.2 Å². The maximum atomic E-state index is 6.25. The average molecular weight is 509 g/mol. The molecule has 0 radical (unpaired) electrons. The predicted molar refractivity (Wildman–Crippen MR) is 150 cm³/mol. The van der Waals surface area contributed by atoms with Gasteiger partial charge in [-0.2, -0.15) is 0 Å². The molecule has 7 heteroatoms. The van der Waals surface area contributed by atoms with Crippen molar-refractivity contribution >= 4 is 21.8 Å². The van der Waals surface area contributed by atoms with E-state index in [1.807, 2.05) is 18.2 Å². The molecule has 3 aromatic carbocycles. The third kappa shape index (κ3) is 5.08. The van der Waals surface area contributed by atoms with Gasteiger partial charge in [-0.25, -0.2) is 9.97 Å². The second-order valence-corrected chi connectivity index (χ2v) is 9.57. The van der Waals surface area contributed by atoms with Crippen LogP contribution in [0.4, 0.5) is 0 Å². The van der Waals surface area contributed by atoms with Crippen LogP contribution in [0.5, 0.6) is 11.5 Å². The van der Waals surface area contributed by atoms with E-state index in [0.717, 1.165) is 73.4 Å². The quantitative estimate of drug-likeness (QED) is 0.248. The van der Waals surface area contributed by atoms with Crippen molar-refractivity contribution in [3.05, 3.63) is 84.8 Å². The molecule has 0 bridgehead atoms. The molecule has 0 aliphatic carbocycles. The number of aromatic nitrogens is 3. The SMILES string of the molecule is COc1cc2ncnc(-c3cn(Cc4ccccc4)c4ccccc34)c2cc1OCCCN1CCOCC1. The van der Waals surface area contributed by atoms with Crippen molar-refractivity contribution in [2.24, 2.45) is 0 Å². The molecule has 5 aromatic rings. The topological polar surface area (TPSA) is 61.6 Å². The van der Waals surface area contributed by atoms with Crippen molar-refractivity contribution in [2.75, 3.05) is 46.6 Å². The van der Waals surface area contributed by atoms with Crippen LogP contribution in [0.3, 0.4) is 0 Å². The second-order valence-electron chi connectivity index (χ2n) is 9.57. The van der Waals surface area contributed by atoms with Gasteiger partial charge in [0.05, 0.1) is 38.1 Å². The second kappa shape index (κ2) is 11.2. The Balaban J connectivity index is 1.33. The van der Waals surface area contributed by atoms with Crippen LogP contribution in [0.15, 0.2) is 79.3 Å². The molecule has 1 aliphatic heterocycles. The highest BCUT2D eigenvalue weighted by molar-refractivity contribution is 6.03. The van der Waals surface area contributed by atoms with Crippen LogP contribution in [0.25, 0.3) is 33.1 Å². The Bertz CT molecular complexity index is 1530. The molecule has 6 rings (SSSR count). The van der Waals surface area contributed by atoms with E-state index in [-0.39, 0.29) is 0 Å². The Morgan fingerprint density at radius 3 is 2.55 bits per heavy atom. The van der Waals surface area contributed by atoms with E-state index < -0.39 is 0 Å². The smallest absolute Gasteiger partial charge is 0.162 e. The van der Waals surface area contributed by atoms with E-state index in [0.29, 0.717) is 18.1 Å². The van der Waals surface area contributed by atoms with Gasteiger partial charge in [0, 0.05) is 60.3 Å². The molecule has 3 heterocycles. The van der Waals surface area contributed by atoms with Gasteiger partial charge < -0.3 is 18.8 Å². The lowest BCUT2D eigenvalue weighted by molar-refractivity contribution is 0.0357. The molecule has 0 atom stereocenters. The standard InChI is InChI=1S/C31H32N4O3/c1-36-29-19-27-25(18-30(29)38-15-7-12-34-13-16-37-17-14-34)31(33-22-32-27)26-21-35(20-23-8-3-2-4-9-23)28-11-6-5-10-24(26)28/h2-6,8-11,18-19,21-22H,7,12-17,20H2,1H3. The van der Waals surface area contributed by atoms with Gasteiger partial charge >= 0.3 is 0 Å². The van der Waals surface area contributed by atoms with Gasteiger partial charge in [-0.05, 0) is 24.1 Å². The lowest BCUT2D eigenvalue weighted by Crippen LogP contribution is -2.37. The fraction of sp³-hybridized carbons (Fsp3) is 0.290. The summed E-state index contributed by atoms with van der Waals surface area (Å²) >= 11 is 0. The monoisotopic (exact) mass is 508 g/mol. The zero-order chi connectivity index (χ0) is 25.7. The van der Waals surface area contributed by atoms with E-state index in [1.165, 1.54) is 11.1 Å². The van der Waals surface area contributed by atoms with Gasteiger partial charge in [-0.1, -0.05) is 48.5 Å². The predicted octanol–water partition coefficient (Wildman–Crippen LogP) is 5.41. The number of fused-ring (bicyclic) bond motifs is 2. The van der Waals surface area contributed by atoms with Crippen molar-refractivity contribution in [1.29, 1.82) is 0 Å². The number of rotatable bonds is 9. The summed E-state index contributed by atoms with van der Waals surface area (Å²) < 4.78 is 19.7. The van der Waals surface area contributed by atoms with Crippen LogP contribution in [0, 0.1) is 0 Å². The molecule has 0 unspecified atom stereocenters. The van der Waals surface area contributed by atoms with E-state index in [4.69, 9.17) is 19.2 Å². The number of hydrogen-bond donors (Lipinski definition) is 0. The number of para-hydroxylation sites is 1. The molecule has 38 heavy (non-hydrogen) atoms. The maximum Gasteiger partial charge on any atom is 0.162 e. The van der Waals surface area contributed by atoms with Crippen LogP contribution in [-0.2, 0) is 11.3 Å². The molecule has 1 saturated heterocycles. The number of benzene rings is 3. The van der Waals surface area contributed by atoms with Crippen LogP contribution in [-0.4, -0.2) is 66.0 Å². The molecule has 1 aliphatic rings. The normalized spacial score (nSPS) is 14.2. The highest BCUT2D eigenvalue weighted by Gasteiger charge is 2.17. The molecule has 0 spiro atoms. The first-order valence-corrected chi connectivity index (χ1v) is 13.2. The summed E-state index contributed by atoms with van der Waals surface area (Å²) in [5, 5.41) is 2.10. The largest absolute Gasteiger partial charge is 0.493 e. The molecule has 0 N–H and O–H groups in total. The third-order valence-corrected chi connectivity index (χ3v) is 7.14. The van der Waals surface area contributed by atoms with Crippen molar-refractivity contribution in [1.82, 2.24) is 19.4 Å². The molecule has 194 valence electrons. The minimum Gasteiger partial charge on any atom is -0.493 e. The van der Waals surface area contributed by atoms with Gasteiger partial charge in [0.2, 0.25) is 0 Å². The van der Waals surface area contributed by atoms with E-state index in [1.54, 1.807) is 13.4 Å². The molecule has 0 saturated carbocycles. The summed E-state index contributed by atoms with van der Waals surface area (Å²) in [5.74, 6) is 1.39. The summed E-state index contributed by atoms with van der Waals surface area (Å²) in [5.41, 5.74) is 5.22. The summed E-state index contributed by atoms with van der Waals surface area (Å²) in [6.07, 6.45) is 4.77. The molecule has 1 fully saturated rings. The Morgan fingerprint density at radius 2 is 1.71 bits per heavy atom. The molecule has 0 amide bonds. The van der Waals surface area contributed by atoms with Crippen LogP contribution >= 0.6 is 0 Å². The highest BCUT2D eigenvalue weighted by Crippen LogP contribution is 2.38. The first-order valence-electron chi connectivity index (χ1n) is 13.2. The van der Waals surface area contributed by atoms with Crippen LogP contribution in [0.1, 0.15) is 12.0 Å². The van der Waals surface area contributed by atoms with Gasteiger partial charge in [0.1, 0.15) is 6.33 Å². The summed E-state index contributed by atoms with van der Waals surface area (Å²) in [6, 6.07) is 23.0. The van der Waals surface area contributed by atoms with Gasteiger partial charge in [-0.3, -0.25) is 4.90 Å².